The SMILES string of the molecule is CC(C)OCCCN1C(=O)C(=O)C(=C(O)c2ccc(Cl)cc2)C1c1cccnc1. The standard InChI is InChI=1S/C22H23ClN2O4/c1-14(2)29-12-4-11-25-19(16-5-3-10-24-13-16)18(21(27)22(25)28)20(26)15-6-8-17(23)9-7-15/h3,5-10,13-14,19,26H,4,11-12H2,1-2H3. The first-order chi connectivity index (χ1) is 13.9. The monoisotopic (exact) mass is 414 g/mol. The Morgan fingerprint density at radius 2 is 1.97 bits per heavy atom. The van der Waals surface area contributed by atoms with Crippen molar-refractivity contribution >= 4 is 29.1 Å². The summed E-state index contributed by atoms with van der Waals surface area (Å²) in [6.45, 7) is 4.67. The van der Waals surface area contributed by atoms with Crippen LogP contribution in [0.1, 0.15) is 37.4 Å². The predicted molar refractivity (Wildman–Crippen MR) is 110 cm³/mol. The summed E-state index contributed by atoms with van der Waals surface area (Å²) in [5.41, 5.74) is 1.13. The number of Topliss-reactive ketones (excluding diaryl/α,β-unsaturated/α-hetero) is 1. The lowest BCUT2D eigenvalue weighted by molar-refractivity contribution is -0.140. The molecule has 7 heteroatoms. The number of carbonyl (C=O) groups excluding carboxylic acids is 2. The molecule has 2 aromatic rings. The Morgan fingerprint density at radius 1 is 1.24 bits per heavy atom. The Kier molecular flexibility index (Phi) is 6.67. The van der Waals surface area contributed by atoms with Crippen LogP contribution < -0.4 is 0 Å². The van der Waals surface area contributed by atoms with Crippen molar-refractivity contribution < 1.29 is 19.4 Å². The number of ketones is 1. The molecule has 1 aliphatic heterocycles. The third-order valence-corrected chi connectivity index (χ3v) is 4.90. The number of pyridine rings is 1. The first kappa shape index (κ1) is 21.0. The summed E-state index contributed by atoms with van der Waals surface area (Å²) in [4.78, 5) is 31.2. The number of amides is 1. The minimum Gasteiger partial charge on any atom is -0.507 e. The van der Waals surface area contributed by atoms with Gasteiger partial charge in [-0.05, 0) is 56.2 Å². The average molecular weight is 415 g/mol. The van der Waals surface area contributed by atoms with Crippen LogP contribution in [0, 0.1) is 0 Å². The molecule has 1 unspecified atom stereocenters. The number of halogens is 1. The molecule has 3 rings (SSSR count). The molecular formula is C22H23ClN2O4. The highest BCUT2D eigenvalue weighted by atomic mass is 35.5. The second kappa shape index (κ2) is 9.20. The minimum atomic E-state index is -0.712. The first-order valence-electron chi connectivity index (χ1n) is 9.46. The van der Waals surface area contributed by atoms with E-state index in [1.807, 2.05) is 13.8 Å². The van der Waals surface area contributed by atoms with E-state index in [1.54, 1.807) is 48.8 Å². The van der Waals surface area contributed by atoms with Crippen molar-refractivity contribution in [1.29, 1.82) is 0 Å². The molecule has 1 fully saturated rings. The van der Waals surface area contributed by atoms with Gasteiger partial charge in [-0.1, -0.05) is 17.7 Å². The maximum absolute atomic E-state index is 12.8. The minimum absolute atomic E-state index is 0.0510. The van der Waals surface area contributed by atoms with Crippen molar-refractivity contribution in [3.05, 3.63) is 70.5 Å². The summed E-state index contributed by atoms with van der Waals surface area (Å²) in [5.74, 6) is -1.58. The van der Waals surface area contributed by atoms with Gasteiger partial charge in [0.05, 0.1) is 17.7 Å². The van der Waals surface area contributed by atoms with E-state index in [1.165, 1.54) is 4.90 Å². The molecule has 152 valence electrons. The van der Waals surface area contributed by atoms with Crippen molar-refractivity contribution in [2.45, 2.75) is 32.4 Å². The zero-order chi connectivity index (χ0) is 21.0. The van der Waals surface area contributed by atoms with Crippen LogP contribution in [0.4, 0.5) is 0 Å². The number of aliphatic hydroxyl groups excluding tert-OH is 1. The van der Waals surface area contributed by atoms with Gasteiger partial charge in [-0.2, -0.15) is 0 Å². The largest absolute Gasteiger partial charge is 0.507 e. The van der Waals surface area contributed by atoms with E-state index < -0.39 is 17.7 Å². The number of nitrogens with zero attached hydrogens (tertiary/aromatic N) is 2. The molecule has 0 aliphatic carbocycles. The molecule has 2 heterocycles. The number of rotatable bonds is 7. The highest BCUT2D eigenvalue weighted by Gasteiger charge is 2.45. The van der Waals surface area contributed by atoms with Crippen LogP contribution in [-0.2, 0) is 14.3 Å². The molecule has 6 nitrogen and oxygen atoms in total. The molecule has 0 bridgehead atoms. The molecule has 1 N–H and O–H groups in total. The Hall–Kier alpha value is -2.70. The molecule has 29 heavy (non-hydrogen) atoms. The number of carbonyl (C=O) groups is 2. The summed E-state index contributed by atoms with van der Waals surface area (Å²) in [5, 5.41) is 11.4. The van der Waals surface area contributed by atoms with Gasteiger partial charge < -0.3 is 14.7 Å². The van der Waals surface area contributed by atoms with E-state index in [9.17, 15) is 14.7 Å². The van der Waals surface area contributed by atoms with Gasteiger partial charge >= 0.3 is 0 Å². The highest BCUT2D eigenvalue weighted by molar-refractivity contribution is 6.46. The number of likely N-dealkylation sites (tertiary alicyclic amines) is 1. The fourth-order valence-electron chi connectivity index (χ4n) is 3.31. The number of hydrogen-bond acceptors (Lipinski definition) is 5. The first-order valence-corrected chi connectivity index (χ1v) is 9.84. The van der Waals surface area contributed by atoms with Crippen molar-refractivity contribution in [1.82, 2.24) is 9.88 Å². The number of aromatic nitrogens is 1. The predicted octanol–water partition coefficient (Wildman–Crippen LogP) is 3.97. The Balaban J connectivity index is 1.99. The second-order valence-electron chi connectivity index (χ2n) is 7.06. The summed E-state index contributed by atoms with van der Waals surface area (Å²) in [6, 6.07) is 9.28. The van der Waals surface area contributed by atoms with E-state index in [4.69, 9.17) is 16.3 Å². The van der Waals surface area contributed by atoms with E-state index in [-0.39, 0.29) is 17.4 Å². The maximum Gasteiger partial charge on any atom is 0.295 e. The van der Waals surface area contributed by atoms with Gasteiger partial charge in [0.25, 0.3) is 11.7 Å². The lowest BCUT2D eigenvalue weighted by Crippen LogP contribution is -2.31. The normalized spacial score (nSPS) is 18.6. The molecular weight excluding hydrogens is 392 g/mol. The fraction of sp³-hybridized carbons (Fsp3) is 0.318. The number of aliphatic hydroxyl groups is 1. The summed E-state index contributed by atoms with van der Waals surface area (Å²) in [6.07, 6.45) is 3.88. The van der Waals surface area contributed by atoms with E-state index in [0.717, 1.165) is 0 Å². The Bertz CT molecular complexity index is 910. The van der Waals surface area contributed by atoms with Crippen molar-refractivity contribution in [2.75, 3.05) is 13.2 Å². The van der Waals surface area contributed by atoms with Crippen LogP contribution in [0.3, 0.4) is 0 Å². The Morgan fingerprint density at radius 3 is 2.59 bits per heavy atom. The Labute approximate surface area is 174 Å². The van der Waals surface area contributed by atoms with E-state index in [2.05, 4.69) is 4.98 Å². The third-order valence-electron chi connectivity index (χ3n) is 4.65. The maximum atomic E-state index is 12.8. The fourth-order valence-corrected chi connectivity index (χ4v) is 3.44. The highest BCUT2D eigenvalue weighted by Crippen LogP contribution is 2.39. The molecule has 1 amide bonds. The number of hydrogen-bond donors (Lipinski definition) is 1. The van der Waals surface area contributed by atoms with Crippen molar-refractivity contribution in [2.24, 2.45) is 0 Å². The van der Waals surface area contributed by atoms with Gasteiger partial charge in [-0.3, -0.25) is 14.6 Å². The average Bonchev–Trinajstić information content (AvgIpc) is 2.96. The second-order valence-corrected chi connectivity index (χ2v) is 7.50. The topological polar surface area (TPSA) is 79.7 Å². The summed E-state index contributed by atoms with van der Waals surface area (Å²) < 4.78 is 5.55. The zero-order valence-electron chi connectivity index (χ0n) is 16.3. The van der Waals surface area contributed by atoms with Crippen LogP contribution in [0.2, 0.25) is 5.02 Å². The smallest absolute Gasteiger partial charge is 0.295 e. The van der Waals surface area contributed by atoms with E-state index >= 15 is 0 Å². The number of benzene rings is 1. The summed E-state index contributed by atoms with van der Waals surface area (Å²) >= 11 is 5.92. The summed E-state index contributed by atoms with van der Waals surface area (Å²) in [7, 11) is 0. The van der Waals surface area contributed by atoms with Gasteiger partial charge in [0.2, 0.25) is 0 Å². The quantitative estimate of drug-likeness (QED) is 0.321. The third kappa shape index (κ3) is 4.66. The molecule has 0 saturated carbocycles. The van der Waals surface area contributed by atoms with Crippen LogP contribution in [0.15, 0.2) is 54.4 Å². The molecule has 1 aromatic heterocycles. The molecule has 0 spiro atoms. The molecule has 1 aromatic carbocycles. The van der Waals surface area contributed by atoms with Gasteiger partial charge in [0.15, 0.2) is 0 Å². The molecule has 0 radical (unpaired) electrons. The molecule has 1 saturated heterocycles. The zero-order valence-corrected chi connectivity index (χ0v) is 17.1. The van der Waals surface area contributed by atoms with Crippen molar-refractivity contribution in [3.63, 3.8) is 0 Å². The lowest BCUT2D eigenvalue weighted by atomic mass is 9.96. The van der Waals surface area contributed by atoms with Gasteiger partial charge in [0, 0.05) is 36.1 Å². The van der Waals surface area contributed by atoms with Gasteiger partial charge in [-0.15, -0.1) is 0 Å². The molecule has 1 aliphatic rings. The van der Waals surface area contributed by atoms with Crippen LogP contribution in [-0.4, -0.2) is 45.9 Å². The van der Waals surface area contributed by atoms with E-state index in [0.29, 0.717) is 35.7 Å². The van der Waals surface area contributed by atoms with Crippen LogP contribution >= 0.6 is 11.6 Å². The lowest BCUT2D eigenvalue weighted by Gasteiger charge is -2.25. The number of ether oxygens (including phenoxy) is 1. The van der Waals surface area contributed by atoms with Crippen LogP contribution in [0.5, 0.6) is 0 Å². The molecule has 1 atom stereocenters. The van der Waals surface area contributed by atoms with Crippen molar-refractivity contribution in [3.8, 4) is 0 Å². The van der Waals surface area contributed by atoms with Gasteiger partial charge in [-0.25, -0.2) is 0 Å². The van der Waals surface area contributed by atoms with Gasteiger partial charge in [0.1, 0.15) is 5.76 Å². The van der Waals surface area contributed by atoms with Crippen LogP contribution in [0.25, 0.3) is 5.76 Å².